The minimum absolute atomic E-state index is 0.165. The molecule has 1 fully saturated rings. The SMILES string of the molecule is CC(C)c1csc(NC(=O)C2CCCN(S(=O)(=O)c3ccc(Br)s3)C2)n1. The van der Waals surface area contributed by atoms with Gasteiger partial charge in [-0.2, -0.15) is 4.31 Å². The van der Waals surface area contributed by atoms with Crippen molar-refractivity contribution in [2.45, 2.75) is 36.8 Å². The van der Waals surface area contributed by atoms with E-state index >= 15 is 0 Å². The molecule has 0 spiro atoms. The summed E-state index contributed by atoms with van der Waals surface area (Å²) in [6, 6.07) is 3.32. The van der Waals surface area contributed by atoms with Crippen molar-refractivity contribution >= 4 is 59.7 Å². The molecule has 1 atom stereocenters. The summed E-state index contributed by atoms with van der Waals surface area (Å²) in [7, 11) is -3.56. The minimum Gasteiger partial charge on any atom is -0.302 e. The zero-order valence-corrected chi connectivity index (χ0v) is 18.5. The van der Waals surface area contributed by atoms with Gasteiger partial charge in [-0.15, -0.1) is 22.7 Å². The lowest BCUT2D eigenvalue weighted by molar-refractivity contribution is -0.120. The first-order valence-corrected chi connectivity index (χ1v) is 12.2. The molecule has 2 aromatic heterocycles. The first-order valence-electron chi connectivity index (χ1n) is 8.29. The molecule has 1 amide bonds. The van der Waals surface area contributed by atoms with E-state index in [9.17, 15) is 13.2 Å². The number of thiazole rings is 1. The Bertz CT molecular complexity index is 891. The van der Waals surface area contributed by atoms with Crippen LogP contribution in [0.5, 0.6) is 0 Å². The highest BCUT2D eigenvalue weighted by Crippen LogP contribution is 2.31. The second-order valence-electron chi connectivity index (χ2n) is 6.48. The average Bonchev–Trinajstić information content (AvgIpc) is 3.24. The number of aromatic nitrogens is 1. The van der Waals surface area contributed by atoms with E-state index < -0.39 is 10.0 Å². The number of nitrogens with one attached hydrogen (secondary N) is 1. The standard InChI is InChI=1S/C16H20BrN3O3S3/c1-10(2)12-9-24-16(18-12)19-15(21)11-4-3-7-20(8-11)26(22,23)14-6-5-13(17)25-14/h5-6,9-11H,3-4,7-8H2,1-2H3,(H,18,19,21). The van der Waals surface area contributed by atoms with E-state index in [4.69, 9.17) is 0 Å². The monoisotopic (exact) mass is 477 g/mol. The highest BCUT2D eigenvalue weighted by Gasteiger charge is 2.34. The van der Waals surface area contributed by atoms with E-state index in [1.807, 2.05) is 19.2 Å². The van der Waals surface area contributed by atoms with Crippen molar-refractivity contribution in [3.8, 4) is 0 Å². The molecule has 142 valence electrons. The third kappa shape index (κ3) is 4.36. The van der Waals surface area contributed by atoms with E-state index in [0.29, 0.717) is 34.6 Å². The Kier molecular flexibility index (Phi) is 6.18. The lowest BCUT2D eigenvalue weighted by Gasteiger charge is -2.30. The van der Waals surface area contributed by atoms with Gasteiger partial charge in [-0.1, -0.05) is 13.8 Å². The van der Waals surface area contributed by atoms with Gasteiger partial charge >= 0.3 is 0 Å². The van der Waals surface area contributed by atoms with E-state index in [2.05, 4.69) is 26.2 Å². The molecule has 3 rings (SSSR count). The average molecular weight is 478 g/mol. The Morgan fingerprint density at radius 1 is 1.42 bits per heavy atom. The van der Waals surface area contributed by atoms with Crippen LogP contribution in [0.2, 0.25) is 0 Å². The quantitative estimate of drug-likeness (QED) is 0.701. The van der Waals surface area contributed by atoms with Crippen molar-refractivity contribution in [3.63, 3.8) is 0 Å². The molecule has 1 saturated heterocycles. The first-order chi connectivity index (χ1) is 12.3. The summed E-state index contributed by atoms with van der Waals surface area (Å²) in [6.45, 7) is 4.74. The van der Waals surface area contributed by atoms with Gasteiger partial charge in [0, 0.05) is 18.5 Å². The van der Waals surface area contributed by atoms with E-state index in [1.54, 1.807) is 12.1 Å². The van der Waals surface area contributed by atoms with E-state index in [-0.39, 0.29) is 18.4 Å². The van der Waals surface area contributed by atoms with Gasteiger partial charge < -0.3 is 5.32 Å². The Balaban J connectivity index is 1.68. The molecule has 10 heteroatoms. The van der Waals surface area contributed by atoms with Gasteiger partial charge in [-0.25, -0.2) is 13.4 Å². The summed E-state index contributed by atoms with van der Waals surface area (Å²) in [5, 5.41) is 5.35. The number of piperidine rings is 1. The molecule has 2 aromatic rings. The van der Waals surface area contributed by atoms with Crippen molar-refractivity contribution in [3.05, 3.63) is 27.0 Å². The van der Waals surface area contributed by atoms with Crippen molar-refractivity contribution in [1.29, 1.82) is 0 Å². The summed E-state index contributed by atoms with van der Waals surface area (Å²) < 4.78 is 28.0. The predicted octanol–water partition coefficient (Wildman–Crippen LogP) is 4.13. The van der Waals surface area contributed by atoms with Gasteiger partial charge in [0.25, 0.3) is 10.0 Å². The molecule has 0 saturated carbocycles. The van der Waals surface area contributed by atoms with Crippen LogP contribution in [0.4, 0.5) is 5.13 Å². The lowest BCUT2D eigenvalue weighted by atomic mass is 9.99. The maximum atomic E-state index is 12.8. The lowest BCUT2D eigenvalue weighted by Crippen LogP contribution is -2.43. The number of rotatable bonds is 5. The zero-order chi connectivity index (χ0) is 18.9. The Morgan fingerprint density at radius 2 is 2.19 bits per heavy atom. The molecule has 26 heavy (non-hydrogen) atoms. The largest absolute Gasteiger partial charge is 0.302 e. The number of thiophene rings is 1. The van der Waals surface area contributed by atoms with Crippen LogP contribution in [0.1, 0.15) is 38.3 Å². The van der Waals surface area contributed by atoms with Gasteiger partial charge in [0.2, 0.25) is 5.91 Å². The second kappa shape index (κ2) is 8.05. The zero-order valence-electron chi connectivity index (χ0n) is 14.4. The van der Waals surface area contributed by atoms with Gasteiger partial charge in [0.1, 0.15) is 4.21 Å². The third-order valence-electron chi connectivity index (χ3n) is 4.24. The first kappa shape index (κ1) is 19.9. The number of nitrogens with zero attached hydrogens (tertiary/aromatic N) is 2. The number of carbonyl (C=O) groups is 1. The summed E-state index contributed by atoms with van der Waals surface area (Å²) in [5.41, 5.74) is 0.946. The van der Waals surface area contributed by atoms with Crippen LogP contribution in [-0.4, -0.2) is 36.7 Å². The Morgan fingerprint density at radius 3 is 2.81 bits per heavy atom. The smallest absolute Gasteiger partial charge is 0.252 e. The van der Waals surface area contributed by atoms with Crippen LogP contribution in [0, 0.1) is 5.92 Å². The second-order valence-corrected chi connectivity index (χ2v) is 12.0. The number of hydrogen-bond donors (Lipinski definition) is 1. The van der Waals surface area contributed by atoms with Crippen LogP contribution in [0.25, 0.3) is 0 Å². The van der Waals surface area contributed by atoms with E-state index in [1.165, 1.54) is 27.0 Å². The molecule has 0 aromatic carbocycles. The fraction of sp³-hybridized carbons (Fsp3) is 0.500. The third-order valence-corrected chi connectivity index (χ3v) is 8.97. The summed E-state index contributed by atoms with van der Waals surface area (Å²) in [6.07, 6.45) is 1.34. The van der Waals surface area contributed by atoms with Crippen molar-refractivity contribution in [2.75, 3.05) is 18.4 Å². The normalized spacial score (nSPS) is 19.0. The molecular weight excluding hydrogens is 458 g/mol. The number of carbonyl (C=O) groups excluding carboxylic acids is 1. The van der Waals surface area contributed by atoms with Crippen LogP contribution in [0.3, 0.4) is 0 Å². The number of anilines is 1. The van der Waals surface area contributed by atoms with E-state index in [0.717, 1.165) is 9.48 Å². The molecule has 1 unspecified atom stereocenters. The highest BCUT2D eigenvalue weighted by atomic mass is 79.9. The summed E-state index contributed by atoms with van der Waals surface area (Å²) >= 11 is 5.88. The van der Waals surface area contributed by atoms with Crippen molar-refractivity contribution in [2.24, 2.45) is 5.92 Å². The highest BCUT2D eigenvalue weighted by molar-refractivity contribution is 9.11. The Hall–Kier alpha value is -0.810. The number of amides is 1. The summed E-state index contributed by atoms with van der Waals surface area (Å²) in [5.74, 6) is -0.229. The van der Waals surface area contributed by atoms with Crippen LogP contribution in [0.15, 0.2) is 25.5 Å². The number of halogens is 1. The molecule has 1 aliphatic rings. The molecule has 1 aliphatic heterocycles. The number of sulfonamides is 1. The maximum Gasteiger partial charge on any atom is 0.252 e. The van der Waals surface area contributed by atoms with Gasteiger partial charge in [0.05, 0.1) is 15.4 Å². The van der Waals surface area contributed by atoms with Gasteiger partial charge in [-0.05, 0) is 46.8 Å². The molecule has 0 radical (unpaired) electrons. The van der Waals surface area contributed by atoms with Gasteiger partial charge in [0.15, 0.2) is 5.13 Å². The molecule has 3 heterocycles. The minimum atomic E-state index is -3.56. The fourth-order valence-electron chi connectivity index (χ4n) is 2.75. The molecule has 1 N–H and O–H groups in total. The maximum absolute atomic E-state index is 12.8. The predicted molar refractivity (Wildman–Crippen MR) is 108 cm³/mol. The van der Waals surface area contributed by atoms with Gasteiger partial charge in [-0.3, -0.25) is 4.79 Å². The van der Waals surface area contributed by atoms with Crippen LogP contribution < -0.4 is 5.32 Å². The molecular formula is C16H20BrN3O3S3. The van der Waals surface area contributed by atoms with Crippen LogP contribution >= 0.6 is 38.6 Å². The fourth-order valence-corrected chi connectivity index (χ4v) is 7.32. The van der Waals surface area contributed by atoms with Crippen LogP contribution in [-0.2, 0) is 14.8 Å². The Labute approximate surface area is 169 Å². The van der Waals surface area contributed by atoms with Crippen molar-refractivity contribution in [1.82, 2.24) is 9.29 Å². The summed E-state index contributed by atoms with van der Waals surface area (Å²) in [4.78, 5) is 17.0. The number of hydrogen-bond acceptors (Lipinski definition) is 6. The van der Waals surface area contributed by atoms with Crippen molar-refractivity contribution < 1.29 is 13.2 Å². The topological polar surface area (TPSA) is 79.4 Å². The molecule has 0 bridgehead atoms. The molecule has 6 nitrogen and oxygen atoms in total. The molecule has 0 aliphatic carbocycles.